The third-order valence-electron chi connectivity index (χ3n) is 4.66. The lowest BCUT2D eigenvalue weighted by atomic mass is 9.82. The van der Waals surface area contributed by atoms with E-state index in [4.69, 9.17) is 4.74 Å². The van der Waals surface area contributed by atoms with Gasteiger partial charge in [-0.05, 0) is 49.4 Å². The van der Waals surface area contributed by atoms with Crippen LogP contribution in [0.2, 0.25) is 0 Å². The maximum absolute atomic E-state index is 11.7. The predicted molar refractivity (Wildman–Crippen MR) is 81.9 cm³/mol. The Balaban J connectivity index is 2.47. The van der Waals surface area contributed by atoms with Crippen molar-refractivity contribution in [3.05, 3.63) is 46.0 Å². The van der Waals surface area contributed by atoms with Crippen molar-refractivity contribution in [3.8, 4) is 0 Å². The number of esters is 1. The average Bonchev–Trinajstić information content (AvgIpc) is 2.44. The number of carbonyl (C=O) groups is 1. The molecule has 0 radical (unpaired) electrons. The van der Waals surface area contributed by atoms with Gasteiger partial charge in [0.1, 0.15) is 6.61 Å². The molecule has 2 atom stereocenters. The number of hydrogen-bond donors (Lipinski definition) is 0. The van der Waals surface area contributed by atoms with E-state index < -0.39 is 0 Å². The first-order valence-electron chi connectivity index (χ1n) is 7.45. The Morgan fingerprint density at radius 1 is 1.50 bits per heavy atom. The largest absolute Gasteiger partial charge is 0.460 e. The molecule has 0 aromatic heterocycles. The normalized spacial score (nSPS) is 20.4. The molecule has 0 spiro atoms. The van der Waals surface area contributed by atoms with Crippen molar-refractivity contribution >= 4 is 5.97 Å². The summed E-state index contributed by atoms with van der Waals surface area (Å²) < 4.78 is 5.29. The summed E-state index contributed by atoms with van der Waals surface area (Å²) in [5.41, 5.74) is 6.42. The third kappa shape index (κ3) is 2.39. The Morgan fingerprint density at radius 2 is 2.20 bits per heavy atom. The van der Waals surface area contributed by atoms with Gasteiger partial charge in [-0.15, -0.1) is 0 Å². The molecule has 0 N–H and O–H groups in total. The number of carbonyl (C=O) groups excluding carboxylic acids is 1. The van der Waals surface area contributed by atoms with Gasteiger partial charge in [0.05, 0.1) is 5.92 Å². The number of allylic oxidation sites excluding steroid dienone is 2. The molecule has 0 bridgehead atoms. The van der Waals surface area contributed by atoms with Crippen LogP contribution in [0.25, 0.3) is 0 Å². The van der Waals surface area contributed by atoms with E-state index in [1.54, 1.807) is 0 Å². The zero-order chi connectivity index (χ0) is 14.9. The van der Waals surface area contributed by atoms with E-state index in [1.165, 1.54) is 22.3 Å². The van der Waals surface area contributed by atoms with Crippen molar-refractivity contribution in [1.29, 1.82) is 0 Å². The van der Waals surface area contributed by atoms with Crippen LogP contribution in [0.5, 0.6) is 0 Å². The highest BCUT2D eigenvalue weighted by atomic mass is 16.5. The van der Waals surface area contributed by atoms with Crippen LogP contribution in [-0.2, 0) is 16.1 Å². The first kappa shape index (κ1) is 14.8. The molecule has 1 aliphatic heterocycles. The summed E-state index contributed by atoms with van der Waals surface area (Å²) in [5, 5.41) is 0. The summed E-state index contributed by atoms with van der Waals surface area (Å²) in [4.78, 5) is 11.7. The highest BCUT2D eigenvalue weighted by molar-refractivity contribution is 5.80. The molecular formula is C18H24O2. The van der Waals surface area contributed by atoms with Gasteiger partial charge >= 0.3 is 5.97 Å². The van der Waals surface area contributed by atoms with E-state index >= 15 is 0 Å². The number of ether oxygens (including phenoxy) is 1. The highest BCUT2D eigenvalue weighted by Crippen LogP contribution is 2.36. The number of cyclic esters (lactones) is 1. The van der Waals surface area contributed by atoms with Crippen molar-refractivity contribution in [2.75, 3.05) is 0 Å². The predicted octanol–water partition coefficient (Wildman–Crippen LogP) is 4.62. The molecule has 1 aromatic carbocycles. The van der Waals surface area contributed by atoms with Gasteiger partial charge in [0.15, 0.2) is 0 Å². The first-order valence-corrected chi connectivity index (χ1v) is 7.45. The SMILES string of the molecule is CC=C(CC)C(C)c1ccc2c(c1C)COC(=O)C2C. The van der Waals surface area contributed by atoms with Gasteiger partial charge in [0, 0.05) is 5.92 Å². The van der Waals surface area contributed by atoms with Crippen LogP contribution in [0.1, 0.15) is 68.2 Å². The molecule has 0 aliphatic carbocycles. The number of rotatable bonds is 3. The zero-order valence-corrected chi connectivity index (χ0v) is 13.1. The summed E-state index contributed by atoms with van der Waals surface area (Å²) in [6.45, 7) is 11.1. The summed E-state index contributed by atoms with van der Waals surface area (Å²) in [7, 11) is 0. The molecule has 2 rings (SSSR count). The van der Waals surface area contributed by atoms with Crippen molar-refractivity contribution in [2.24, 2.45) is 0 Å². The zero-order valence-electron chi connectivity index (χ0n) is 13.1. The molecule has 0 amide bonds. The molecular weight excluding hydrogens is 248 g/mol. The van der Waals surface area contributed by atoms with Crippen LogP contribution < -0.4 is 0 Å². The van der Waals surface area contributed by atoms with Gasteiger partial charge in [-0.1, -0.05) is 37.6 Å². The molecule has 0 saturated carbocycles. The maximum Gasteiger partial charge on any atom is 0.313 e. The van der Waals surface area contributed by atoms with Gasteiger partial charge in [-0.3, -0.25) is 4.79 Å². The van der Waals surface area contributed by atoms with Gasteiger partial charge in [-0.2, -0.15) is 0 Å². The van der Waals surface area contributed by atoms with Gasteiger partial charge in [0.2, 0.25) is 0 Å². The minimum atomic E-state index is -0.144. The fourth-order valence-electron chi connectivity index (χ4n) is 3.22. The van der Waals surface area contributed by atoms with E-state index in [1.807, 2.05) is 6.92 Å². The fraction of sp³-hybridized carbons (Fsp3) is 0.500. The first-order chi connectivity index (χ1) is 9.51. The Morgan fingerprint density at radius 3 is 2.80 bits per heavy atom. The van der Waals surface area contributed by atoms with Crippen LogP contribution in [0.15, 0.2) is 23.8 Å². The van der Waals surface area contributed by atoms with Crippen LogP contribution in [0.4, 0.5) is 0 Å². The van der Waals surface area contributed by atoms with Crippen molar-refractivity contribution in [2.45, 2.75) is 59.5 Å². The van der Waals surface area contributed by atoms with E-state index in [9.17, 15) is 4.79 Å². The van der Waals surface area contributed by atoms with Crippen LogP contribution in [-0.4, -0.2) is 5.97 Å². The van der Waals surface area contributed by atoms with Gasteiger partial charge < -0.3 is 4.74 Å². The number of benzene rings is 1. The lowest BCUT2D eigenvalue weighted by Crippen LogP contribution is -2.22. The molecule has 1 aliphatic rings. The van der Waals surface area contributed by atoms with E-state index in [2.05, 4.69) is 45.9 Å². The average molecular weight is 272 g/mol. The topological polar surface area (TPSA) is 26.3 Å². The van der Waals surface area contributed by atoms with Crippen LogP contribution in [0.3, 0.4) is 0 Å². The molecule has 1 heterocycles. The van der Waals surface area contributed by atoms with Crippen molar-refractivity contribution in [1.82, 2.24) is 0 Å². The molecule has 20 heavy (non-hydrogen) atoms. The maximum atomic E-state index is 11.7. The second-order valence-corrected chi connectivity index (χ2v) is 5.62. The summed E-state index contributed by atoms with van der Waals surface area (Å²) in [6, 6.07) is 4.30. The minimum absolute atomic E-state index is 0.111. The molecule has 0 saturated heterocycles. The lowest BCUT2D eigenvalue weighted by Gasteiger charge is -2.27. The molecule has 2 unspecified atom stereocenters. The fourth-order valence-corrected chi connectivity index (χ4v) is 3.22. The van der Waals surface area contributed by atoms with E-state index in [0.29, 0.717) is 12.5 Å². The van der Waals surface area contributed by atoms with E-state index in [-0.39, 0.29) is 11.9 Å². The third-order valence-corrected chi connectivity index (χ3v) is 4.66. The molecule has 0 fully saturated rings. The monoisotopic (exact) mass is 272 g/mol. The van der Waals surface area contributed by atoms with E-state index in [0.717, 1.165) is 12.0 Å². The van der Waals surface area contributed by atoms with Crippen LogP contribution >= 0.6 is 0 Å². The highest BCUT2D eigenvalue weighted by Gasteiger charge is 2.28. The Hall–Kier alpha value is -1.57. The summed E-state index contributed by atoms with van der Waals surface area (Å²) in [6.07, 6.45) is 3.28. The Labute approximate surface area is 121 Å². The smallest absolute Gasteiger partial charge is 0.313 e. The Kier molecular flexibility index (Phi) is 4.32. The molecule has 108 valence electrons. The standard InChI is InChI=1S/C18H24O2/c1-6-14(7-2)11(3)15-8-9-16-13(5)18(19)20-10-17(16)12(15)4/h6,8-9,11,13H,7,10H2,1-5H3. The quantitative estimate of drug-likeness (QED) is 0.593. The van der Waals surface area contributed by atoms with Crippen molar-refractivity contribution in [3.63, 3.8) is 0 Å². The summed E-state index contributed by atoms with van der Waals surface area (Å²) in [5.74, 6) is 0.165. The van der Waals surface area contributed by atoms with Crippen molar-refractivity contribution < 1.29 is 9.53 Å². The van der Waals surface area contributed by atoms with Crippen LogP contribution in [0, 0.1) is 6.92 Å². The Bertz CT molecular complexity index is 555. The second-order valence-electron chi connectivity index (χ2n) is 5.62. The van der Waals surface area contributed by atoms with Gasteiger partial charge in [-0.25, -0.2) is 0 Å². The lowest BCUT2D eigenvalue weighted by molar-refractivity contribution is -0.147. The van der Waals surface area contributed by atoms with Gasteiger partial charge in [0.25, 0.3) is 0 Å². The molecule has 1 aromatic rings. The minimum Gasteiger partial charge on any atom is -0.460 e. The molecule has 2 nitrogen and oxygen atoms in total. The number of fused-ring (bicyclic) bond motifs is 1. The second kappa shape index (κ2) is 5.82. The molecule has 2 heteroatoms. The number of hydrogen-bond acceptors (Lipinski definition) is 2. The summed E-state index contributed by atoms with van der Waals surface area (Å²) >= 11 is 0.